The van der Waals surface area contributed by atoms with Crippen LogP contribution in [0.5, 0.6) is 0 Å². The molecule has 0 bridgehead atoms. The molecule has 0 aliphatic carbocycles. The first kappa shape index (κ1) is 12.0. The van der Waals surface area contributed by atoms with Crippen molar-refractivity contribution in [3.8, 4) is 0 Å². The highest BCUT2D eigenvalue weighted by Gasteiger charge is 1.93. The van der Waals surface area contributed by atoms with Crippen LogP contribution in [-0.4, -0.2) is 0 Å². The second-order valence-electron chi connectivity index (χ2n) is 4.23. The summed E-state index contributed by atoms with van der Waals surface area (Å²) in [6, 6.07) is 8.90. The molecule has 82 valence electrons. The molecule has 0 nitrogen and oxygen atoms in total. The molecule has 0 saturated carbocycles. The lowest BCUT2D eigenvalue weighted by Crippen LogP contribution is -1.86. The van der Waals surface area contributed by atoms with E-state index in [-0.39, 0.29) is 0 Å². The van der Waals surface area contributed by atoms with E-state index in [0.717, 1.165) is 0 Å². The van der Waals surface area contributed by atoms with Crippen LogP contribution >= 0.6 is 0 Å². The van der Waals surface area contributed by atoms with Crippen molar-refractivity contribution >= 4 is 0 Å². The number of allylic oxidation sites excluding steroid dienone is 1. The Balaban J connectivity index is 2.09. The largest absolute Gasteiger partial charge is 0.103 e. The van der Waals surface area contributed by atoms with Gasteiger partial charge in [-0.05, 0) is 38.2 Å². The quantitative estimate of drug-likeness (QED) is 0.445. The summed E-state index contributed by atoms with van der Waals surface area (Å²) >= 11 is 0. The minimum absolute atomic E-state index is 1.17. The molecule has 15 heavy (non-hydrogen) atoms. The highest BCUT2D eigenvalue weighted by Crippen LogP contribution is 2.10. The van der Waals surface area contributed by atoms with Gasteiger partial charge in [-0.2, -0.15) is 0 Å². The van der Waals surface area contributed by atoms with Gasteiger partial charge in [0.15, 0.2) is 0 Å². The smallest absolute Gasteiger partial charge is 0.0279 e. The number of hydrogen-bond donors (Lipinski definition) is 0. The van der Waals surface area contributed by atoms with Crippen LogP contribution in [0.15, 0.2) is 36.9 Å². The first-order valence-electron chi connectivity index (χ1n) is 5.99. The van der Waals surface area contributed by atoms with Crippen molar-refractivity contribution in [2.45, 2.75) is 45.4 Å². The lowest BCUT2D eigenvalue weighted by molar-refractivity contribution is 0.646. The Kier molecular flexibility index (Phi) is 5.84. The zero-order chi connectivity index (χ0) is 10.9. The molecule has 0 spiro atoms. The van der Waals surface area contributed by atoms with Gasteiger partial charge in [-0.1, -0.05) is 48.7 Å². The summed E-state index contributed by atoms with van der Waals surface area (Å²) in [6.07, 6.45) is 9.73. The molecule has 0 radical (unpaired) electrons. The average Bonchev–Trinajstić information content (AvgIpc) is 2.26. The Morgan fingerprint density at radius 3 is 2.33 bits per heavy atom. The molecule has 1 aromatic carbocycles. The Morgan fingerprint density at radius 2 is 1.67 bits per heavy atom. The molecule has 0 amide bonds. The van der Waals surface area contributed by atoms with Crippen molar-refractivity contribution in [3.63, 3.8) is 0 Å². The Hall–Kier alpha value is -1.04. The summed E-state index contributed by atoms with van der Waals surface area (Å²) in [5.74, 6) is 0. The van der Waals surface area contributed by atoms with E-state index in [1.807, 2.05) is 6.08 Å². The van der Waals surface area contributed by atoms with Crippen molar-refractivity contribution in [2.75, 3.05) is 0 Å². The second kappa shape index (κ2) is 7.28. The van der Waals surface area contributed by atoms with Gasteiger partial charge >= 0.3 is 0 Å². The molecule has 0 unspecified atom stereocenters. The van der Waals surface area contributed by atoms with Crippen LogP contribution in [0.25, 0.3) is 0 Å². The SMILES string of the molecule is C=CCCCCCCc1ccc(C)cc1. The summed E-state index contributed by atoms with van der Waals surface area (Å²) in [4.78, 5) is 0. The van der Waals surface area contributed by atoms with Crippen molar-refractivity contribution in [1.82, 2.24) is 0 Å². The third kappa shape index (κ3) is 5.41. The van der Waals surface area contributed by atoms with Gasteiger partial charge in [-0.3, -0.25) is 0 Å². The third-order valence-electron chi connectivity index (χ3n) is 2.74. The zero-order valence-corrected chi connectivity index (χ0v) is 9.84. The zero-order valence-electron chi connectivity index (χ0n) is 9.84. The number of benzene rings is 1. The lowest BCUT2D eigenvalue weighted by Gasteiger charge is -2.02. The predicted molar refractivity (Wildman–Crippen MR) is 68.2 cm³/mol. The molecule has 0 heterocycles. The molecule has 0 heteroatoms. The van der Waals surface area contributed by atoms with Gasteiger partial charge in [0.2, 0.25) is 0 Å². The molecular weight excluding hydrogens is 180 g/mol. The molecule has 0 aliphatic heterocycles. The Morgan fingerprint density at radius 1 is 1.00 bits per heavy atom. The first-order chi connectivity index (χ1) is 7.33. The van der Waals surface area contributed by atoms with Crippen LogP contribution in [0.3, 0.4) is 0 Å². The van der Waals surface area contributed by atoms with Crippen LogP contribution in [0.4, 0.5) is 0 Å². The number of hydrogen-bond acceptors (Lipinski definition) is 0. The van der Waals surface area contributed by atoms with Crippen LogP contribution in [-0.2, 0) is 6.42 Å². The standard InChI is InChI=1S/C15H22/c1-3-4-5-6-7-8-9-15-12-10-14(2)11-13-15/h3,10-13H,1,4-9H2,2H3. The minimum atomic E-state index is 1.17. The predicted octanol–water partition coefficient (Wildman–Crippen LogP) is 4.67. The van der Waals surface area contributed by atoms with Gasteiger partial charge in [0.1, 0.15) is 0 Å². The summed E-state index contributed by atoms with van der Waals surface area (Å²) in [5.41, 5.74) is 2.83. The van der Waals surface area contributed by atoms with Crippen molar-refractivity contribution in [2.24, 2.45) is 0 Å². The van der Waals surface area contributed by atoms with Crippen LogP contribution in [0, 0.1) is 6.92 Å². The number of unbranched alkanes of at least 4 members (excludes halogenated alkanes) is 4. The molecule has 0 N–H and O–H groups in total. The maximum atomic E-state index is 3.73. The fourth-order valence-electron chi connectivity index (χ4n) is 1.73. The van der Waals surface area contributed by atoms with Crippen LogP contribution < -0.4 is 0 Å². The normalized spacial score (nSPS) is 10.2. The first-order valence-corrected chi connectivity index (χ1v) is 5.99. The lowest BCUT2D eigenvalue weighted by atomic mass is 10.0. The fourth-order valence-corrected chi connectivity index (χ4v) is 1.73. The highest BCUT2D eigenvalue weighted by atomic mass is 14.0. The summed E-state index contributed by atoms with van der Waals surface area (Å²) in [6.45, 7) is 5.87. The maximum absolute atomic E-state index is 3.73. The van der Waals surface area contributed by atoms with E-state index < -0.39 is 0 Å². The molecule has 0 atom stereocenters. The van der Waals surface area contributed by atoms with Crippen LogP contribution in [0.2, 0.25) is 0 Å². The topological polar surface area (TPSA) is 0 Å². The van der Waals surface area contributed by atoms with Crippen molar-refractivity contribution < 1.29 is 0 Å². The average molecular weight is 202 g/mol. The molecule has 0 aliphatic rings. The van der Waals surface area contributed by atoms with E-state index in [4.69, 9.17) is 0 Å². The van der Waals surface area contributed by atoms with E-state index in [1.165, 1.54) is 49.7 Å². The van der Waals surface area contributed by atoms with E-state index in [0.29, 0.717) is 0 Å². The van der Waals surface area contributed by atoms with E-state index in [9.17, 15) is 0 Å². The van der Waals surface area contributed by atoms with Gasteiger partial charge in [-0.15, -0.1) is 6.58 Å². The van der Waals surface area contributed by atoms with E-state index in [2.05, 4.69) is 37.8 Å². The van der Waals surface area contributed by atoms with Gasteiger partial charge in [-0.25, -0.2) is 0 Å². The van der Waals surface area contributed by atoms with Gasteiger partial charge < -0.3 is 0 Å². The monoisotopic (exact) mass is 202 g/mol. The van der Waals surface area contributed by atoms with Crippen LogP contribution in [0.1, 0.15) is 43.2 Å². The maximum Gasteiger partial charge on any atom is -0.0279 e. The third-order valence-corrected chi connectivity index (χ3v) is 2.74. The van der Waals surface area contributed by atoms with Gasteiger partial charge in [0.25, 0.3) is 0 Å². The molecule has 1 rings (SSSR count). The van der Waals surface area contributed by atoms with Crippen molar-refractivity contribution in [1.29, 1.82) is 0 Å². The molecule has 0 saturated heterocycles. The molecule has 0 aromatic heterocycles. The Labute approximate surface area is 94.0 Å². The second-order valence-corrected chi connectivity index (χ2v) is 4.23. The highest BCUT2D eigenvalue weighted by molar-refractivity contribution is 5.21. The molecule has 0 fully saturated rings. The Bertz CT molecular complexity index is 269. The summed E-state index contributed by atoms with van der Waals surface area (Å²) in [5, 5.41) is 0. The minimum Gasteiger partial charge on any atom is -0.103 e. The van der Waals surface area contributed by atoms with Gasteiger partial charge in [0, 0.05) is 0 Å². The summed E-state index contributed by atoms with van der Waals surface area (Å²) < 4.78 is 0. The van der Waals surface area contributed by atoms with Crippen molar-refractivity contribution in [3.05, 3.63) is 48.0 Å². The van der Waals surface area contributed by atoms with E-state index in [1.54, 1.807) is 0 Å². The number of rotatable bonds is 7. The fraction of sp³-hybridized carbons (Fsp3) is 0.467. The van der Waals surface area contributed by atoms with E-state index >= 15 is 0 Å². The molecular formula is C15H22. The van der Waals surface area contributed by atoms with Gasteiger partial charge in [0.05, 0.1) is 0 Å². The number of aryl methyl sites for hydroxylation is 2. The molecule has 1 aromatic rings. The summed E-state index contributed by atoms with van der Waals surface area (Å²) in [7, 11) is 0.